The summed E-state index contributed by atoms with van der Waals surface area (Å²) in [7, 11) is 0. The van der Waals surface area contributed by atoms with Crippen molar-refractivity contribution >= 4 is 33.8 Å². The predicted octanol–water partition coefficient (Wildman–Crippen LogP) is 7.78. The molecule has 4 aromatic rings. The summed E-state index contributed by atoms with van der Waals surface area (Å²) in [6, 6.07) is 22.0. The van der Waals surface area contributed by atoms with Crippen LogP contribution in [0.5, 0.6) is 11.6 Å². The van der Waals surface area contributed by atoms with Crippen LogP contribution >= 0.6 is 22.9 Å². The summed E-state index contributed by atoms with van der Waals surface area (Å²) >= 11 is 7.74. The van der Waals surface area contributed by atoms with Crippen LogP contribution in [0.25, 0.3) is 10.4 Å². The standard InChI is InChI=1S/C25H24ClN3OS/c1-25(2,3)18-12-7-8-14-21(18)30-23-19(13-9-15-27-23)28-24-29-20(16-26)22(31-24)17-10-5-4-6-11-17/h4-15H,16H2,1-3H3,(H,28,29). The summed E-state index contributed by atoms with van der Waals surface area (Å²) in [4.78, 5) is 10.2. The number of halogens is 1. The van der Waals surface area contributed by atoms with Gasteiger partial charge in [-0.2, -0.15) is 0 Å². The van der Waals surface area contributed by atoms with E-state index in [0.29, 0.717) is 11.8 Å². The first-order valence-corrected chi connectivity index (χ1v) is 11.4. The van der Waals surface area contributed by atoms with E-state index in [4.69, 9.17) is 21.3 Å². The molecule has 0 radical (unpaired) electrons. The summed E-state index contributed by atoms with van der Waals surface area (Å²) in [5.41, 5.74) is 3.78. The third kappa shape index (κ3) is 4.89. The minimum absolute atomic E-state index is 0.0475. The Morgan fingerprint density at radius 3 is 2.45 bits per heavy atom. The van der Waals surface area contributed by atoms with Crippen molar-refractivity contribution in [2.45, 2.75) is 32.1 Å². The topological polar surface area (TPSA) is 47.0 Å². The highest BCUT2D eigenvalue weighted by molar-refractivity contribution is 7.19. The zero-order valence-corrected chi connectivity index (χ0v) is 19.3. The average Bonchev–Trinajstić information content (AvgIpc) is 3.18. The van der Waals surface area contributed by atoms with Gasteiger partial charge in [-0.3, -0.25) is 0 Å². The fourth-order valence-corrected chi connectivity index (χ4v) is 4.55. The van der Waals surface area contributed by atoms with Crippen LogP contribution < -0.4 is 10.1 Å². The molecule has 6 heteroatoms. The summed E-state index contributed by atoms with van der Waals surface area (Å²) < 4.78 is 6.26. The zero-order chi connectivity index (χ0) is 21.8. The Labute approximate surface area is 191 Å². The van der Waals surface area contributed by atoms with Crippen LogP contribution in [-0.2, 0) is 11.3 Å². The Hall–Kier alpha value is -2.89. The molecule has 0 bridgehead atoms. The molecule has 0 fully saturated rings. The molecule has 4 rings (SSSR count). The van der Waals surface area contributed by atoms with E-state index in [1.54, 1.807) is 17.5 Å². The summed E-state index contributed by atoms with van der Waals surface area (Å²) in [6.07, 6.45) is 1.72. The van der Waals surface area contributed by atoms with Gasteiger partial charge >= 0.3 is 0 Å². The lowest BCUT2D eigenvalue weighted by atomic mass is 9.86. The number of anilines is 2. The fraction of sp³-hybridized carbons (Fsp3) is 0.200. The van der Waals surface area contributed by atoms with Crippen molar-refractivity contribution in [2.24, 2.45) is 0 Å². The van der Waals surface area contributed by atoms with Gasteiger partial charge in [-0.05, 0) is 29.2 Å². The molecule has 2 aromatic heterocycles. The third-order valence-electron chi connectivity index (χ3n) is 4.77. The molecule has 0 amide bonds. The number of hydrogen-bond acceptors (Lipinski definition) is 5. The molecule has 0 atom stereocenters. The maximum atomic E-state index is 6.26. The molecule has 0 aliphatic rings. The maximum absolute atomic E-state index is 6.26. The summed E-state index contributed by atoms with van der Waals surface area (Å²) in [5, 5.41) is 4.12. The first-order chi connectivity index (χ1) is 15.0. The van der Waals surface area contributed by atoms with Crippen LogP contribution in [0.1, 0.15) is 32.0 Å². The number of ether oxygens (including phenoxy) is 1. The van der Waals surface area contributed by atoms with Crippen LogP contribution in [0.3, 0.4) is 0 Å². The number of pyridine rings is 1. The number of nitrogens with one attached hydrogen (secondary N) is 1. The Morgan fingerprint density at radius 1 is 0.968 bits per heavy atom. The Kier molecular flexibility index (Phi) is 6.25. The highest BCUT2D eigenvalue weighted by Gasteiger charge is 2.20. The number of aromatic nitrogens is 2. The molecular formula is C25H24ClN3OS. The van der Waals surface area contributed by atoms with Crippen LogP contribution in [0.15, 0.2) is 72.9 Å². The van der Waals surface area contributed by atoms with Gasteiger partial charge in [0, 0.05) is 11.8 Å². The van der Waals surface area contributed by atoms with E-state index in [0.717, 1.165) is 38.3 Å². The molecule has 0 aliphatic heterocycles. The van der Waals surface area contributed by atoms with E-state index in [9.17, 15) is 0 Å². The Morgan fingerprint density at radius 2 is 1.71 bits per heavy atom. The predicted molar refractivity (Wildman–Crippen MR) is 130 cm³/mol. The summed E-state index contributed by atoms with van der Waals surface area (Å²) in [6.45, 7) is 6.50. The van der Waals surface area contributed by atoms with Crippen molar-refractivity contribution < 1.29 is 4.74 Å². The first-order valence-electron chi connectivity index (χ1n) is 10.1. The van der Waals surface area contributed by atoms with Gasteiger partial charge < -0.3 is 10.1 Å². The third-order valence-corrected chi connectivity index (χ3v) is 6.09. The second kappa shape index (κ2) is 9.08. The van der Waals surface area contributed by atoms with Crippen molar-refractivity contribution in [3.05, 3.63) is 84.2 Å². The van der Waals surface area contributed by atoms with Gasteiger partial charge in [0.05, 0.1) is 16.5 Å². The van der Waals surface area contributed by atoms with Gasteiger partial charge in [0.15, 0.2) is 5.13 Å². The van der Waals surface area contributed by atoms with Gasteiger partial charge in [-0.25, -0.2) is 9.97 Å². The zero-order valence-electron chi connectivity index (χ0n) is 17.7. The van der Waals surface area contributed by atoms with Gasteiger partial charge in [-0.15, -0.1) is 11.6 Å². The van der Waals surface area contributed by atoms with E-state index in [-0.39, 0.29) is 5.41 Å². The monoisotopic (exact) mass is 449 g/mol. The molecule has 2 heterocycles. The van der Waals surface area contributed by atoms with Crippen molar-refractivity contribution in [1.82, 2.24) is 9.97 Å². The smallest absolute Gasteiger partial charge is 0.243 e. The lowest BCUT2D eigenvalue weighted by Gasteiger charge is -2.22. The quantitative estimate of drug-likeness (QED) is 0.305. The van der Waals surface area contributed by atoms with E-state index < -0.39 is 0 Å². The molecule has 0 unspecified atom stereocenters. The van der Waals surface area contributed by atoms with Crippen molar-refractivity contribution in [3.63, 3.8) is 0 Å². The van der Waals surface area contributed by atoms with Crippen molar-refractivity contribution in [1.29, 1.82) is 0 Å². The van der Waals surface area contributed by atoms with E-state index in [2.05, 4.69) is 49.3 Å². The number of nitrogens with zero attached hydrogens (tertiary/aromatic N) is 2. The molecule has 0 saturated heterocycles. The largest absolute Gasteiger partial charge is 0.437 e. The molecular weight excluding hydrogens is 426 g/mol. The number of rotatable bonds is 6. The molecule has 31 heavy (non-hydrogen) atoms. The average molecular weight is 450 g/mol. The van der Waals surface area contributed by atoms with Crippen LogP contribution in [-0.4, -0.2) is 9.97 Å². The van der Waals surface area contributed by atoms with Gasteiger partial charge in [0.2, 0.25) is 5.88 Å². The number of hydrogen-bond donors (Lipinski definition) is 1. The van der Waals surface area contributed by atoms with Crippen LogP contribution in [0.2, 0.25) is 0 Å². The SMILES string of the molecule is CC(C)(C)c1ccccc1Oc1ncccc1Nc1nc(CCl)c(-c2ccccc2)s1. The van der Waals surface area contributed by atoms with Gasteiger partial charge in [0.25, 0.3) is 0 Å². The number of benzene rings is 2. The van der Waals surface area contributed by atoms with E-state index in [1.165, 1.54) is 0 Å². The molecule has 0 saturated carbocycles. The lowest BCUT2D eigenvalue weighted by molar-refractivity contribution is 0.442. The molecule has 0 spiro atoms. The number of thiazole rings is 1. The van der Waals surface area contributed by atoms with E-state index in [1.807, 2.05) is 48.5 Å². The van der Waals surface area contributed by atoms with E-state index >= 15 is 0 Å². The Balaban J connectivity index is 1.65. The van der Waals surface area contributed by atoms with Gasteiger partial charge in [0.1, 0.15) is 11.4 Å². The highest BCUT2D eigenvalue weighted by atomic mass is 35.5. The molecule has 0 aliphatic carbocycles. The van der Waals surface area contributed by atoms with Gasteiger partial charge in [-0.1, -0.05) is 80.6 Å². The van der Waals surface area contributed by atoms with Crippen LogP contribution in [0.4, 0.5) is 10.8 Å². The fourth-order valence-electron chi connectivity index (χ4n) is 3.27. The first kappa shape index (κ1) is 21.3. The molecule has 158 valence electrons. The second-order valence-electron chi connectivity index (χ2n) is 8.12. The number of para-hydroxylation sites is 1. The minimum atomic E-state index is -0.0475. The molecule has 4 nitrogen and oxygen atoms in total. The lowest BCUT2D eigenvalue weighted by Crippen LogP contribution is -2.12. The molecule has 2 aromatic carbocycles. The summed E-state index contributed by atoms with van der Waals surface area (Å²) in [5.74, 6) is 1.64. The van der Waals surface area contributed by atoms with Crippen LogP contribution in [0, 0.1) is 0 Å². The normalized spacial score (nSPS) is 11.4. The second-order valence-corrected chi connectivity index (χ2v) is 9.39. The minimum Gasteiger partial charge on any atom is -0.437 e. The van der Waals surface area contributed by atoms with Crippen molar-refractivity contribution in [2.75, 3.05) is 5.32 Å². The molecule has 1 N–H and O–H groups in total. The van der Waals surface area contributed by atoms with Crippen molar-refractivity contribution in [3.8, 4) is 22.1 Å². The Bertz CT molecular complexity index is 1170. The highest BCUT2D eigenvalue weighted by Crippen LogP contribution is 2.39. The number of alkyl halides is 1. The maximum Gasteiger partial charge on any atom is 0.243 e.